The van der Waals surface area contributed by atoms with Crippen LogP contribution in [-0.4, -0.2) is 15.0 Å². The van der Waals surface area contributed by atoms with Crippen molar-refractivity contribution in [2.45, 2.75) is 17.7 Å². The van der Waals surface area contributed by atoms with Crippen molar-refractivity contribution < 1.29 is 8.42 Å². The lowest BCUT2D eigenvalue weighted by Gasteiger charge is -2.10. The van der Waals surface area contributed by atoms with Gasteiger partial charge in [-0.1, -0.05) is 24.3 Å². The van der Waals surface area contributed by atoms with Crippen LogP contribution < -0.4 is 10.5 Å². The van der Waals surface area contributed by atoms with Gasteiger partial charge in [-0.15, -0.1) is 0 Å². The molecular formula is C14H16N2O2S. The quantitative estimate of drug-likeness (QED) is 0.840. The first kappa shape index (κ1) is 12.4. The molecule has 0 saturated heterocycles. The molecule has 100 valence electrons. The van der Waals surface area contributed by atoms with Crippen LogP contribution in [0.2, 0.25) is 0 Å². The third-order valence-corrected chi connectivity index (χ3v) is 4.95. The summed E-state index contributed by atoms with van der Waals surface area (Å²) in [7, 11) is -3.46. The fraction of sp³-hybridized carbons (Fsp3) is 0.286. The van der Waals surface area contributed by atoms with Crippen molar-refractivity contribution in [2.75, 3.05) is 12.3 Å². The Kier molecular flexibility index (Phi) is 2.95. The zero-order chi connectivity index (χ0) is 13.5. The molecule has 4 nitrogen and oxygen atoms in total. The predicted octanol–water partition coefficient (Wildman–Crippen LogP) is 2.11. The molecule has 1 fully saturated rings. The molecule has 3 rings (SSSR count). The van der Waals surface area contributed by atoms with Gasteiger partial charge in [0.25, 0.3) is 0 Å². The molecule has 2 aromatic rings. The first-order chi connectivity index (χ1) is 9.08. The van der Waals surface area contributed by atoms with E-state index in [2.05, 4.69) is 4.72 Å². The molecule has 0 amide bonds. The fourth-order valence-corrected chi connectivity index (χ4v) is 3.48. The molecular weight excluding hydrogens is 260 g/mol. The summed E-state index contributed by atoms with van der Waals surface area (Å²) in [6.07, 6.45) is 2.23. The second-order valence-corrected chi connectivity index (χ2v) is 6.73. The first-order valence-corrected chi connectivity index (χ1v) is 7.83. The number of sulfonamides is 1. The van der Waals surface area contributed by atoms with Gasteiger partial charge in [-0.25, -0.2) is 13.1 Å². The van der Waals surface area contributed by atoms with Crippen LogP contribution >= 0.6 is 0 Å². The van der Waals surface area contributed by atoms with E-state index < -0.39 is 10.0 Å². The van der Waals surface area contributed by atoms with Gasteiger partial charge in [0.05, 0.1) is 4.90 Å². The Morgan fingerprint density at radius 2 is 1.79 bits per heavy atom. The van der Waals surface area contributed by atoms with Crippen LogP contribution in [0.25, 0.3) is 10.8 Å². The summed E-state index contributed by atoms with van der Waals surface area (Å²) >= 11 is 0. The molecule has 0 heterocycles. The van der Waals surface area contributed by atoms with Gasteiger partial charge >= 0.3 is 0 Å². The van der Waals surface area contributed by atoms with E-state index in [9.17, 15) is 8.42 Å². The van der Waals surface area contributed by atoms with Crippen molar-refractivity contribution in [3.63, 3.8) is 0 Å². The normalized spacial score (nSPS) is 15.8. The summed E-state index contributed by atoms with van der Waals surface area (Å²) in [4.78, 5) is 0.304. The van der Waals surface area contributed by atoms with Crippen molar-refractivity contribution in [1.29, 1.82) is 0 Å². The SMILES string of the molecule is Nc1ccc(S(=O)(=O)NCC2CC2)c2ccccc12. The number of benzene rings is 2. The van der Waals surface area contributed by atoms with Gasteiger partial charge in [-0.3, -0.25) is 0 Å². The molecule has 0 unspecified atom stereocenters. The average molecular weight is 276 g/mol. The minimum absolute atomic E-state index is 0.304. The highest BCUT2D eigenvalue weighted by atomic mass is 32.2. The third-order valence-electron chi connectivity index (χ3n) is 3.47. The number of nitrogens with two attached hydrogens (primary N) is 1. The molecule has 1 aliphatic rings. The second-order valence-electron chi connectivity index (χ2n) is 4.99. The topological polar surface area (TPSA) is 72.2 Å². The Labute approximate surface area is 112 Å². The van der Waals surface area contributed by atoms with Crippen molar-refractivity contribution in [3.05, 3.63) is 36.4 Å². The number of hydrogen-bond donors (Lipinski definition) is 2. The van der Waals surface area contributed by atoms with Crippen LogP contribution in [-0.2, 0) is 10.0 Å². The van der Waals surface area contributed by atoms with Crippen LogP contribution in [0.4, 0.5) is 5.69 Å². The van der Waals surface area contributed by atoms with Crippen molar-refractivity contribution >= 4 is 26.5 Å². The van der Waals surface area contributed by atoms with Gasteiger partial charge in [0.15, 0.2) is 0 Å². The van der Waals surface area contributed by atoms with Gasteiger partial charge in [-0.2, -0.15) is 0 Å². The lowest BCUT2D eigenvalue weighted by atomic mass is 10.1. The van der Waals surface area contributed by atoms with Crippen LogP contribution in [0.5, 0.6) is 0 Å². The molecule has 0 spiro atoms. The average Bonchev–Trinajstić information content (AvgIpc) is 3.21. The number of anilines is 1. The van der Waals surface area contributed by atoms with Gasteiger partial charge in [-0.05, 0) is 30.9 Å². The largest absolute Gasteiger partial charge is 0.398 e. The number of fused-ring (bicyclic) bond motifs is 1. The number of hydrogen-bond acceptors (Lipinski definition) is 3. The fourth-order valence-electron chi connectivity index (χ4n) is 2.16. The molecule has 0 atom stereocenters. The molecule has 1 aliphatic carbocycles. The van der Waals surface area contributed by atoms with E-state index in [4.69, 9.17) is 5.73 Å². The van der Waals surface area contributed by atoms with Crippen LogP contribution in [0, 0.1) is 5.92 Å². The van der Waals surface area contributed by atoms with E-state index in [1.807, 2.05) is 18.2 Å². The molecule has 0 aliphatic heterocycles. The Bertz CT molecular complexity index is 721. The molecule has 0 aromatic heterocycles. The number of nitrogen functional groups attached to an aromatic ring is 1. The molecule has 2 aromatic carbocycles. The van der Waals surface area contributed by atoms with E-state index in [0.717, 1.165) is 18.2 Å². The van der Waals surface area contributed by atoms with Gasteiger partial charge in [0.2, 0.25) is 10.0 Å². The van der Waals surface area contributed by atoms with Gasteiger partial charge in [0, 0.05) is 23.0 Å². The zero-order valence-corrected chi connectivity index (χ0v) is 11.3. The summed E-state index contributed by atoms with van der Waals surface area (Å²) in [5.41, 5.74) is 6.48. The van der Waals surface area contributed by atoms with Crippen molar-refractivity contribution in [3.8, 4) is 0 Å². The smallest absolute Gasteiger partial charge is 0.241 e. The lowest BCUT2D eigenvalue weighted by Crippen LogP contribution is -2.26. The van der Waals surface area contributed by atoms with E-state index >= 15 is 0 Å². The maximum atomic E-state index is 12.3. The van der Waals surface area contributed by atoms with Gasteiger partial charge < -0.3 is 5.73 Å². The van der Waals surface area contributed by atoms with Gasteiger partial charge in [0.1, 0.15) is 0 Å². The standard InChI is InChI=1S/C14H16N2O2S/c15-13-7-8-14(12-4-2-1-3-11(12)13)19(17,18)16-9-10-5-6-10/h1-4,7-8,10,16H,5-6,9,15H2. The Morgan fingerprint density at radius 3 is 2.47 bits per heavy atom. The lowest BCUT2D eigenvalue weighted by molar-refractivity contribution is 0.578. The van der Waals surface area contributed by atoms with E-state index in [-0.39, 0.29) is 0 Å². The van der Waals surface area contributed by atoms with E-state index in [1.165, 1.54) is 0 Å². The predicted molar refractivity (Wildman–Crippen MR) is 76.3 cm³/mol. The summed E-state index contributed by atoms with van der Waals surface area (Å²) in [6, 6.07) is 10.5. The second kappa shape index (κ2) is 4.51. The molecule has 1 saturated carbocycles. The maximum absolute atomic E-state index is 12.3. The minimum atomic E-state index is -3.46. The first-order valence-electron chi connectivity index (χ1n) is 6.35. The van der Waals surface area contributed by atoms with Crippen LogP contribution in [0.3, 0.4) is 0 Å². The summed E-state index contributed by atoms with van der Waals surface area (Å²) in [5, 5.41) is 1.45. The Hall–Kier alpha value is -1.59. The molecule has 19 heavy (non-hydrogen) atoms. The highest BCUT2D eigenvalue weighted by Crippen LogP contribution is 2.30. The third kappa shape index (κ3) is 2.43. The molecule has 0 bridgehead atoms. The number of rotatable bonds is 4. The van der Waals surface area contributed by atoms with Crippen molar-refractivity contribution in [1.82, 2.24) is 4.72 Å². The summed E-state index contributed by atoms with van der Waals surface area (Å²) in [5.74, 6) is 0.509. The van der Waals surface area contributed by atoms with Crippen molar-refractivity contribution in [2.24, 2.45) is 5.92 Å². The zero-order valence-electron chi connectivity index (χ0n) is 10.5. The monoisotopic (exact) mass is 276 g/mol. The number of nitrogens with one attached hydrogen (secondary N) is 1. The van der Waals surface area contributed by atoms with E-state index in [0.29, 0.717) is 28.4 Å². The van der Waals surface area contributed by atoms with Crippen LogP contribution in [0.15, 0.2) is 41.3 Å². The summed E-state index contributed by atoms with van der Waals surface area (Å²) < 4.78 is 27.4. The minimum Gasteiger partial charge on any atom is -0.398 e. The Morgan fingerprint density at radius 1 is 1.11 bits per heavy atom. The molecule has 5 heteroatoms. The highest BCUT2D eigenvalue weighted by molar-refractivity contribution is 7.89. The highest BCUT2D eigenvalue weighted by Gasteiger charge is 2.25. The Balaban J connectivity index is 2.06. The molecule has 0 radical (unpaired) electrons. The maximum Gasteiger partial charge on any atom is 0.241 e. The van der Waals surface area contributed by atoms with E-state index in [1.54, 1.807) is 18.2 Å². The van der Waals surface area contributed by atoms with Crippen LogP contribution in [0.1, 0.15) is 12.8 Å². The summed E-state index contributed by atoms with van der Waals surface area (Å²) in [6.45, 7) is 0.529. The molecule has 3 N–H and O–H groups in total.